The van der Waals surface area contributed by atoms with Crippen LogP contribution in [0.3, 0.4) is 0 Å². The smallest absolute Gasteiger partial charge is 0.158 e. The number of β-amino-alcohol motifs (C(OH)–C–C–N with tert-alkyl or cyclic N) is 1. The van der Waals surface area contributed by atoms with Gasteiger partial charge in [-0.15, -0.1) is 6.42 Å². The molecule has 1 aliphatic heterocycles. The molecule has 0 bridgehead atoms. The van der Waals surface area contributed by atoms with Crippen molar-refractivity contribution in [2.75, 3.05) is 18.4 Å². The minimum atomic E-state index is -0.493. The van der Waals surface area contributed by atoms with Gasteiger partial charge in [-0.2, -0.15) is 5.10 Å². The van der Waals surface area contributed by atoms with Crippen molar-refractivity contribution in [1.29, 1.82) is 0 Å². The van der Waals surface area contributed by atoms with Crippen molar-refractivity contribution in [1.82, 2.24) is 19.5 Å². The Morgan fingerprint density at radius 1 is 1.37 bits per heavy atom. The minimum Gasteiger partial charge on any atom is -0.390 e. The molecule has 7 nitrogen and oxygen atoms in total. The number of nitrogens with zero attached hydrogens (tertiary/aromatic N) is 4. The van der Waals surface area contributed by atoms with Gasteiger partial charge in [0.1, 0.15) is 11.8 Å². The van der Waals surface area contributed by atoms with Crippen LogP contribution in [0.2, 0.25) is 0 Å². The zero-order valence-corrected chi connectivity index (χ0v) is 14.9. The summed E-state index contributed by atoms with van der Waals surface area (Å²) < 4.78 is 1.81. The standard InChI is InChI=1S/C20H22N6O/c1-2-14-4-3-5-16(10-14)24-20-19-15(6-9-26(19)23-13-22-20)11-25-8-7-17(21)18(27)12-25/h1,3-6,9-10,13,17-18,27H,7-8,11-12,21H2,(H,22,23,24)/t17-,18-/m1/s1. The van der Waals surface area contributed by atoms with Crippen molar-refractivity contribution >= 4 is 17.0 Å². The van der Waals surface area contributed by atoms with Gasteiger partial charge in [0, 0.05) is 43.1 Å². The van der Waals surface area contributed by atoms with E-state index < -0.39 is 6.10 Å². The Labute approximate surface area is 157 Å². The van der Waals surface area contributed by atoms with Gasteiger partial charge in [0.15, 0.2) is 5.82 Å². The molecule has 2 aromatic heterocycles. The van der Waals surface area contributed by atoms with Gasteiger partial charge in [-0.1, -0.05) is 12.0 Å². The number of terminal acetylenes is 1. The van der Waals surface area contributed by atoms with E-state index in [4.69, 9.17) is 12.2 Å². The maximum Gasteiger partial charge on any atom is 0.158 e. The number of hydrogen-bond acceptors (Lipinski definition) is 6. The van der Waals surface area contributed by atoms with Crippen LogP contribution < -0.4 is 11.1 Å². The van der Waals surface area contributed by atoms with E-state index in [1.165, 1.54) is 6.33 Å². The third kappa shape index (κ3) is 3.64. The molecule has 7 heteroatoms. The normalized spacial score (nSPS) is 20.5. The van der Waals surface area contributed by atoms with Crippen molar-refractivity contribution in [3.8, 4) is 12.3 Å². The van der Waals surface area contributed by atoms with Crippen LogP contribution in [0.25, 0.3) is 5.52 Å². The molecule has 0 saturated carbocycles. The van der Waals surface area contributed by atoms with Crippen LogP contribution in [0.15, 0.2) is 42.9 Å². The van der Waals surface area contributed by atoms with Crippen LogP contribution in [0.1, 0.15) is 17.5 Å². The molecular weight excluding hydrogens is 340 g/mol. The van der Waals surface area contributed by atoms with E-state index in [0.29, 0.717) is 18.9 Å². The van der Waals surface area contributed by atoms with E-state index in [-0.39, 0.29) is 6.04 Å². The number of nitrogens with one attached hydrogen (secondary N) is 1. The zero-order chi connectivity index (χ0) is 18.8. The molecule has 0 spiro atoms. The van der Waals surface area contributed by atoms with Crippen LogP contribution in [0, 0.1) is 12.3 Å². The molecule has 0 unspecified atom stereocenters. The van der Waals surface area contributed by atoms with E-state index in [0.717, 1.165) is 35.3 Å². The molecule has 0 radical (unpaired) electrons. The second-order valence-electron chi connectivity index (χ2n) is 6.85. The summed E-state index contributed by atoms with van der Waals surface area (Å²) in [5.74, 6) is 3.36. The second-order valence-corrected chi connectivity index (χ2v) is 6.85. The molecule has 3 aromatic rings. The first-order valence-corrected chi connectivity index (χ1v) is 8.95. The van der Waals surface area contributed by atoms with Crippen LogP contribution in [-0.4, -0.2) is 49.8 Å². The number of aliphatic hydroxyl groups excluding tert-OH is 1. The van der Waals surface area contributed by atoms with Crippen molar-refractivity contribution in [3.63, 3.8) is 0 Å². The number of nitrogens with two attached hydrogens (primary N) is 1. The fourth-order valence-electron chi connectivity index (χ4n) is 3.46. The SMILES string of the molecule is C#Cc1cccc(Nc2ncnn3ccc(CN4CC[C@@H](N)[C@H](O)C4)c23)c1. The highest BCUT2D eigenvalue weighted by Gasteiger charge is 2.25. The second kappa shape index (κ2) is 7.37. The van der Waals surface area contributed by atoms with E-state index in [2.05, 4.69) is 26.2 Å². The molecule has 0 aliphatic carbocycles. The molecule has 4 N–H and O–H groups in total. The number of fused-ring (bicyclic) bond motifs is 1. The molecule has 4 rings (SSSR count). The summed E-state index contributed by atoms with van der Waals surface area (Å²) in [7, 11) is 0. The summed E-state index contributed by atoms with van der Waals surface area (Å²) >= 11 is 0. The highest BCUT2D eigenvalue weighted by molar-refractivity contribution is 5.76. The van der Waals surface area contributed by atoms with Crippen molar-refractivity contribution in [3.05, 3.63) is 54.0 Å². The van der Waals surface area contributed by atoms with Crippen LogP contribution in [0.5, 0.6) is 0 Å². The number of aliphatic hydroxyl groups is 1. The number of likely N-dealkylation sites (tertiary alicyclic amines) is 1. The Kier molecular flexibility index (Phi) is 4.77. The van der Waals surface area contributed by atoms with Crippen molar-refractivity contribution in [2.24, 2.45) is 5.73 Å². The largest absolute Gasteiger partial charge is 0.390 e. The fourth-order valence-corrected chi connectivity index (χ4v) is 3.46. The molecule has 3 heterocycles. The van der Waals surface area contributed by atoms with Crippen molar-refractivity contribution in [2.45, 2.75) is 25.1 Å². The summed E-state index contributed by atoms with van der Waals surface area (Å²) in [6.07, 6.45) is 9.23. The predicted molar refractivity (Wildman–Crippen MR) is 105 cm³/mol. The summed E-state index contributed by atoms with van der Waals surface area (Å²) in [4.78, 5) is 6.64. The topological polar surface area (TPSA) is 91.7 Å². The first-order valence-electron chi connectivity index (χ1n) is 8.95. The molecule has 1 fully saturated rings. The number of rotatable bonds is 4. The number of aromatic nitrogens is 3. The number of benzene rings is 1. The lowest BCUT2D eigenvalue weighted by molar-refractivity contribution is 0.0501. The average Bonchev–Trinajstić information content (AvgIpc) is 3.09. The van der Waals surface area contributed by atoms with Gasteiger partial charge in [-0.25, -0.2) is 9.50 Å². The third-order valence-electron chi connectivity index (χ3n) is 4.94. The first-order chi connectivity index (χ1) is 13.1. The van der Waals surface area contributed by atoms with Gasteiger partial charge < -0.3 is 16.2 Å². The Hall–Kier alpha value is -2.92. The van der Waals surface area contributed by atoms with Crippen LogP contribution in [-0.2, 0) is 6.54 Å². The lowest BCUT2D eigenvalue weighted by atomic mass is 10.0. The number of piperidine rings is 1. The lowest BCUT2D eigenvalue weighted by Crippen LogP contribution is -2.50. The van der Waals surface area contributed by atoms with E-state index >= 15 is 0 Å². The number of hydrogen-bond donors (Lipinski definition) is 3. The highest BCUT2D eigenvalue weighted by Crippen LogP contribution is 2.25. The molecule has 1 aliphatic rings. The van der Waals surface area contributed by atoms with Crippen LogP contribution >= 0.6 is 0 Å². The van der Waals surface area contributed by atoms with E-state index in [1.807, 2.05) is 41.0 Å². The summed E-state index contributed by atoms with van der Waals surface area (Å²) in [5, 5.41) is 17.7. The molecule has 1 aromatic carbocycles. The summed E-state index contributed by atoms with van der Waals surface area (Å²) in [6, 6.07) is 9.54. The number of anilines is 2. The molecule has 138 valence electrons. The van der Waals surface area contributed by atoms with Gasteiger partial charge in [0.2, 0.25) is 0 Å². The molecule has 0 amide bonds. The molecular formula is C20H22N6O. The summed E-state index contributed by atoms with van der Waals surface area (Å²) in [6.45, 7) is 2.13. The van der Waals surface area contributed by atoms with Gasteiger partial charge in [0.05, 0.1) is 6.10 Å². The van der Waals surface area contributed by atoms with E-state index in [9.17, 15) is 5.11 Å². The minimum absolute atomic E-state index is 0.143. The Morgan fingerprint density at radius 2 is 2.26 bits per heavy atom. The van der Waals surface area contributed by atoms with Gasteiger partial charge in [0.25, 0.3) is 0 Å². The van der Waals surface area contributed by atoms with E-state index in [1.54, 1.807) is 0 Å². The maximum atomic E-state index is 10.1. The van der Waals surface area contributed by atoms with Gasteiger partial charge in [-0.05, 0) is 36.2 Å². The zero-order valence-electron chi connectivity index (χ0n) is 14.9. The Balaban J connectivity index is 1.62. The highest BCUT2D eigenvalue weighted by atomic mass is 16.3. The quantitative estimate of drug-likeness (QED) is 0.607. The molecule has 2 atom stereocenters. The van der Waals surface area contributed by atoms with Gasteiger partial charge in [-0.3, -0.25) is 4.90 Å². The molecule has 27 heavy (non-hydrogen) atoms. The third-order valence-corrected chi connectivity index (χ3v) is 4.94. The predicted octanol–water partition coefficient (Wildman–Crippen LogP) is 1.35. The van der Waals surface area contributed by atoms with Crippen molar-refractivity contribution < 1.29 is 5.11 Å². The monoisotopic (exact) mass is 362 g/mol. The Morgan fingerprint density at radius 3 is 3.07 bits per heavy atom. The average molecular weight is 362 g/mol. The fraction of sp³-hybridized carbons (Fsp3) is 0.300. The molecule has 1 saturated heterocycles. The maximum absolute atomic E-state index is 10.1. The summed E-state index contributed by atoms with van der Waals surface area (Å²) in [5.41, 5.74) is 9.59. The first kappa shape index (κ1) is 17.5. The lowest BCUT2D eigenvalue weighted by Gasteiger charge is -2.33. The Bertz CT molecular complexity index is 992. The van der Waals surface area contributed by atoms with Gasteiger partial charge >= 0.3 is 0 Å². The van der Waals surface area contributed by atoms with Crippen LogP contribution in [0.4, 0.5) is 11.5 Å².